The maximum atomic E-state index is 12.9. The molecule has 0 radical (unpaired) electrons. The van der Waals surface area contributed by atoms with Gasteiger partial charge in [0.15, 0.2) is 11.5 Å². The van der Waals surface area contributed by atoms with Gasteiger partial charge in [-0.05, 0) is 29.1 Å². The summed E-state index contributed by atoms with van der Waals surface area (Å²) in [5.41, 5.74) is 0.968. The molecule has 1 aliphatic rings. The predicted octanol–water partition coefficient (Wildman–Crippen LogP) is 3.05. The summed E-state index contributed by atoms with van der Waals surface area (Å²) in [7, 11) is 0. The van der Waals surface area contributed by atoms with Gasteiger partial charge in [-0.2, -0.15) is 0 Å². The van der Waals surface area contributed by atoms with Crippen molar-refractivity contribution in [2.24, 2.45) is 0 Å². The molecule has 30 heavy (non-hydrogen) atoms. The maximum Gasteiger partial charge on any atom is 0.262 e. The van der Waals surface area contributed by atoms with Crippen LogP contribution in [0.2, 0.25) is 0 Å². The van der Waals surface area contributed by atoms with Crippen LogP contribution < -0.4 is 20.1 Å². The van der Waals surface area contributed by atoms with Crippen molar-refractivity contribution in [2.75, 3.05) is 13.2 Å². The highest BCUT2D eigenvalue weighted by Crippen LogP contribution is 2.30. The average Bonchev–Trinajstić information content (AvgIpc) is 3.33. The van der Waals surface area contributed by atoms with Crippen LogP contribution in [0.5, 0.6) is 11.5 Å². The number of para-hydroxylation sites is 2. The molecule has 0 fully saturated rings. The second kappa shape index (κ2) is 9.45. The second-order valence-electron chi connectivity index (χ2n) is 6.94. The number of carbonyl (C=O) groups is 2. The number of hydrogen-bond donors (Lipinski definition) is 2. The standard InChI is InChI=1S/C23H22N2O4S/c26-22(24-14-17-15-28-19-9-4-5-10-20(19)29-17)18(13-16-7-2-1-3-8-16)25-23(27)21-11-6-12-30-21/h1-12,17-18H,13-15H2,(H,24,26)(H,25,27)/t17-,18-/m1/s1. The highest BCUT2D eigenvalue weighted by molar-refractivity contribution is 7.12. The highest BCUT2D eigenvalue weighted by Gasteiger charge is 2.25. The third-order valence-electron chi connectivity index (χ3n) is 4.72. The molecule has 0 unspecified atom stereocenters. The molecule has 0 aliphatic carbocycles. The van der Waals surface area contributed by atoms with Crippen molar-refractivity contribution >= 4 is 23.2 Å². The summed E-state index contributed by atoms with van der Waals surface area (Å²) in [6, 6.07) is 19.9. The summed E-state index contributed by atoms with van der Waals surface area (Å²) >= 11 is 1.34. The van der Waals surface area contributed by atoms with Crippen LogP contribution in [0, 0.1) is 0 Å². The second-order valence-corrected chi connectivity index (χ2v) is 7.88. The van der Waals surface area contributed by atoms with Gasteiger partial charge in [0.25, 0.3) is 5.91 Å². The lowest BCUT2D eigenvalue weighted by Crippen LogP contribution is -2.50. The molecule has 2 heterocycles. The molecule has 2 atom stereocenters. The van der Waals surface area contributed by atoms with E-state index in [4.69, 9.17) is 9.47 Å². The third-order valence-corrected chi connectivity index (χ3v) is 5.59. The Hall–Kier alpha value is -3.32. The van der Waals surface area contributed by atoms with Crippen LogP contribution in [-0.2, 0) is 11.2 Å². The lowest BCUT2D eigenvalue weighted by Gasteiger charge is -2.27. The first kappa shape index (κ1) is 20.0. The molecule has 2 N–H and O–H groups in total. The van der Waals surface area contributed by atoms with Crippen molar-refractivity contribution in [1.29, 1.82) is 0 Å². The van der Waals surface area contributed by atoms with Crippen LogP contribution in [0.1, 0.15) is 15.2 Å². The van der Waals surface area contributed by atoms with E-state index in [1.807, 2.05) is 66.0 Å². The Morgan fingerprint density at radius 3 is 2.53 bits per heavy atom. The molecule has 0 saturated heterocycles. The zero-order valence-electron chi connectivity index (χ0n) is 16.2. The molecule has 0 spiro atoms. The third kappa shape index (κ3) is 4.99. The topological polar surface area (TPSA) is 76.7 Å². The number of carbonyl (C=O) groups excluding carboxylic acids is 2. The van der Waals surface area contributed by atoms with E-state index < -0.39 is 6.04 Å². The van der Waals surface area contributed by atoms with Crippen molar-refractivity contribution in [3.63, 3.8) is 0 Å². The van der Waals surface area contributed by atoms with Crippen molar-refractivity contribution in [3.05, 3.63) is 82.6 Å². The van der Waals surface area contributed by atoms with Crippen LogP contribution in [0.3, 0.4) is 0 Å². The lowest BCUT2D eigenvalue weighted by atomic mass is 10.0. The van der Waals surface area contributed by atoms with Crippen LogP contribution in [0.4, 0.5) is 0 Å². The van der Waals surface area contributed by atoms with E-state index in [9.17, 15) is 9.59 Å². The fraction of sp³-hybridized carbons (Fsp3) is 0.217. The summed E-state index contributed by atoms with van der Waals surface area (Å²) in [4.78, 5) is 26.0. The van der Waals surface area contributed by atoms with Gasteiger partial charge in [0.1, 0.15) is 18.8 Å². The number of benzene rings is 2. The fourth-order valence-corrected chi connectivity index (χ4v) is 3.82. The quantitative estimate of drug-likeness (QED) is 0.614. The van der Waals surface area contributed by atoms with Gasteiger partial charge in [-0.15, -0.1) is 11.3 Å². The molecule has 0 saturated carbocycles. The van der Waals surface area contributed by atoms with E-state index >= 15 is 0 Å². The Balaban J connectivity index is 1.39. The molecular formula is C23H22N2O4S. The van der Waals surface area contributed by atoms with E-state index in [1.165, 1.54) is 11.3 Å². The lowest BCUT2D eigenvalue weighted by molar-refractivity contribution is -0.123. The van der Waals surface area contributed by atoms with E-state index in [0.29, 0.717) is 29.4 Å². The Kier molecular flexibility index (Phi) is 6.29. The van der Waals surface area contributed by atoms with E-state index in [0.717, 1.165) is 5.56 Å². The van der Waals surface area contributed by atoms with Crippen LogP contribution in [0.15, 0.2) is 72.1 Å². The SMILES string of the molecule is O=C(N[C@H](Cc1ccccc1)C(=O)NC[C@@H]1COc2ccccc2O1)c1cccs1. The van der Waals surface area contributed by atoms with E-state index in [-0.39, 0.29) is 24.5 Å². The zero-order chi connectivity index (χ0) is 20.8. The summed E-state index contributed by atoms with van der Waals surface area (Å²) in [5, 5.41) is 7.59. The maximum absolute atomic E-state index is 12.9. The zero-order valence-corrected chi connectivity index (χ0v) is 17.1. The Bertz CT molecular complexity index is 991. The summed E-state index contributed by atoms with van der Waals surface area (Å²) in [5.74, 6) is 0.846. The number of fused-ring (bicyclic) bond motifs is 1. The molecule has 1 aliphatic heterocycles. The minimum Gasteiger partial charge on any atom is -0.486 e. The Labute approximate surface area is 178 Å². The molecule has 0 bridgehead atoms. The van der Waals surface area contributed by atoms with Gasteiger partial charge in [0, 0.05) is 6.42 Å². The molecule has 6 nitrogen and oxygen atoms in total. The smallest absolute Gasteiger partial charge is 0.262 e. The molecule has 4 rings (SSSR count). The van der Waals surface area contributed by atoms with Gasteiger partial charge in [-0.25, -0.2) is 0 Å². The first-order valence-electron chi connectivity index (χ1n) is 9.73. The van der Waals surface area contributed by atoms with Crippen molar-refractivity contribution in [2.45, 2.75) is 18.6 Å². The van der Waals surface area contributed by atoms with E-state index in [2.05, 4.69) is 10.6 Å². The number of nitrogens with one attached hydrogen (secondary N) is 2. The minimum atomic E-state index is -0.696. The average molecular weight is 423 g/mol. The first-order valence-corrected chi connectivity index (χ1v) is 10.6. The number of ether oxygens (including phenoxy) is 2. The number of rotatable bonds is 7. The van der Waals surface area contributed by atoms with Crippen molar-refractivity contribution in [1.82, 2.24) is 10.6 Å². The van der Waals surface area contributed by atoms with E-state index in [1.54, 1.807) is 6.07 Å². The number of thiophene rings is 1. The van der Waals surface area contributed by atoms with Gasteiger partial charge in [0.05, 0.1) is 11.4 Å². The van der Waals surface area contributed by atoms with Crippen LogP contribution in [0.25, 0.3) is 0 Å². The largest absolute Gasteiger partial charge is 0.486 e. The van der Waals surface area contributed by atoms with Gasteiger partial charge >= 0.3 is 0 Å². The van der Waals surface area contributed by atoms with Gasteiger partial charge in [-0.1, -0.05) is 48.5 Å². The van der Waals surface area contributed by atoms with Crippen molar-refractivity contribution in [3.8, 4) is 11.5 Å². The Morgan fingerprint density at radius 1 is 1.00 bits per heavy atom. The predicted molar refractivity (Wildman–Crippen MR) is 115 cm³/mol. The summed E-state index contributed by atoms with van der Waals surface area (Å²) in [6.07, 6.45) is 0.100. The van der Waals surface area contributed by atoms with Gasteiger partial charge in [-0.3, -0.25) is 9.59 Å². The van der Waals surface area contributed by atoms with Gasteiger partial charge in [0.2, 0.25) is 5.91 Å². The normalized spacial score (nSPS) is 15.8. The van der Waals surface area contributed by atoms with Crippen LogP contribution >= 0.6 is 11.3 Å². The fourth-order valence-electron chi connectivity index (χ4n) is 3.20. The number of amides is 2. The van der Waals surface area contributed by atoms with Gasteiger partial charge < -0.3 is 20.1 Å². The summed E-state index contributed by atoms with van der Waals surface area (Å²) < 4.78 is 11.6. The molecule has 7 heteroatoms. The summed E-state index contributed by atoms with van der Waals surface area (Å²) in [6.45, 7) is 0.634. The highest BCUT2D eigenvalue weighted by atomic mass is 32.1. The monoisotopic (exact) mass is 422 g/mol. The molecule has 154 valence electrons. The molecule has 3 aromatic rings. The molecule has 1 aromatic heterocycles. The minimum absolute atomic E-state index is 0.257. The molecule has 2 amide bonds. The van der Waals surface area contributed by atoms with Crippen molar-refractivity contribution < 1.29 is 19.1 Å². The Morgan fingerprint density at radius 2 is 1.77 bits per heavy atom. The molecule has 2 aromatic carbocycles. The molecular weight excluding hydrogens is 400 g/mol. The van der Waals surface area contributed by atoms with Crippen LogP contribution in [-0.4, -0.2) is 37.1 Å². The number of hydrogen-bond acceptors (Lipinski definition) is 5. The first-order chi connectivity index (χ1) is 14.7.